The van der Waals surface area contributed by atoms with Gasteiger partial charge in [-0.1, -0.05) is 107 Å². The molecule has 0 fully saturated rings. The van der Waals surface area contributed by atoms with Gasteiger partial charge in [-0.2, -0.15) is 0 Å². The molecule has 0 nitrogen and oxygen atoms in total. The maximum absolute atomic E-state index is 2.26. The molecule has 0 radical (unpaired) electrons. The van der Waals surface area contributed by atoms with Crippen LogP contribution in [0.2, 0.25) is 0 Å². The van der Waals surface area contributed by atoms with E-state index in [2.05, 4.69) is 107 Å². The van der Waals surface area contributed by atoms with Gasteiger partial charge >= 0.3 is 0 Å². The van der Waals surface area contributed by atoms with Crippen LogP contribution in [0.4, 0.5) is 0 Å². The molecule has 0 heteroatoms. The predicted octanol–water partition coefficient (Wildman–Crippen LogP) is 7.44. The van der Waals surface area contributed by atoms with Gasteiger partial charge in [-0.05, 0) is 44.7 Å². The van der Waals surface area contributed by atoms with E-state index in [1.54, 1.807) is 0 Å². The third kappa shape index (κ3) is 3.85. The van der Waals surface area contributed by atoms with E-state index < -0.39 is 0 Å². The van der Waals surface area contributed by atoms with Gasteiger partial charge in [0, 0.05) is 0 Å². The minimum atomic E-state index is 0.185. The van der Waals surface area contributed by atoms with Crippen LogP contribution in [0, 0.1) is 0 Å². The molecular formula is C25H28. The molecule has 0 spiro atoms. The lowest BCUT2D eigenvalue weighted by Crippen LogP contribution is -2.10. The van der Waals surface area contributed by atoms with E-state index >= 15 is 0 Å². The lowest BCUT2D eigenvalue weighted by molar-refractivity contribution is 0.590. The summed E-state index contributed by atoms with van der Waals surface area (Å²) in [6.07, 6.45) is 0. The van der Waals surface area contributed by atoms with Crippen LogP contribution in [-0.4, -0.2) is 0 Å². The second-order valence-electron chi connectivity index (χ2n) is 8.15. The van der Waals surface area contributed by atoms with E-state index in [9.17, 15) is 0 Å². The third-order valence-electron chi connectivity index (χ3n) is 4.88. The van der Waals surface area contributed by atoms with Crippen LogP contribution in [-0.2, 0) is 5.41 Å². The summed E-state index contributed by atoms with van der Waals surface area (Å²) in [5, 5.41) is 0. The Balaban J connectivity index is 2.01. The summed E-state index contributed by atoms with van der Waals surface area (Å²) < 4.78 is 0. The largest absolute Gasteiger partial charge is 0.0616 e. The molecule has 3 aromatic rings. The van der Waals surface area contributed by atoms with Gasteiger partial charge in [-0.25, -0.2) is 0 Å². The first-order valence-corrected chi connectivity index (χ1v) is 9.16. The SMILES string of the molecule is CC(C)c1ccc(-c2ccccc2-c2ccc(C(C)(C)C)cc2)cc1. The van der Waals surface area contributed by atoms with Crippen molar-refractivity contribution in [2.45, 2.75) is 46.0 Å². The van der Waals surface area contributed by atoms with Crippen LogP contribution in [0.25, 0.3) is 22.3 Å². The van der Waals surface area contributed by atoms with Crippen molar-refractivity contribution in [3.63, 3.8) is 0 Å². The molecular weight excluding hydrogens is 300 g/mol. The zero-order valence-corrected chi connectivity index (χ0v) is 16.0. The molecule has 0 aliphatic carbocycles. The monoisotopic (exact) mass is 328 g/mol. The molecule has 0 aromatic heterocycles. The molecule has 0 saturated heterocycles. The predicted molar refractivity (Wildman–Crippen MR) is 110 cm³/mol. The lowest BCUT2D eigenvalue weighted by Gasteiger charge is -2.19. The van der Waals surface area contributed by atoms with Crippen molar-refractivity contribution < 1.29 is 0 Å². The van der Waals surface area contributed by atoms with Crippen molar-refractivity contribution in [2.24, 2.45) is 0 Å². The molecule has 0 aliphatic rings. The summed E-state index contributed by atoms with van der Waals surface area (Å²) in [5.41, 5.74) is 8.08. The Morgan fingerprint density at radius 1 is 0.600 bits per heavy atom. The maximum atomic E-state index is 2.26. The molecule has 0 unspecified atom stereocenters. The molecule has 128 valence electrons. The van der Waals surface area contributed by atoms with Crippen LogP contribution in [0.1, 0.15) is 51.7 Å². The van der Waals surface area contributed by atoms with Crippen LogP contribution in [0.5, 0.6) is 0 Å². The third-order valence-corrected chi connectivity index (χ3v) is 4.88. The van der Waals surface area contributed by atoms with Crippen LogP contribution in [0.15, 0.2) is 72.8 Å². The quantitative estimate of drug-likeness (QED) is 0.468. The summed E-state index contributed by atoms with van der Waals surface area (Å²) >= 11 is 0. The molecule has 0 amide bonds. The number of benzene rings is 3. The van der Waals surface area contributed by atoms with Crippen molar-refractivity contribution in [1.82, 2.24) is 0 Å². The molecule has 0 saturated carbocycles. The van der Waals surface area contributed by atoms with E-state index in [1.807, 2.05) is 0 Å². The molecule has 0 aliphatic heterocycles. The average molecular weight is 328 g/mol. The fourth-order valence-electron chi connectivity index (χ4n) is 3.18. The van der Waals surface area contributed by atoms with Gasteiger partial charge in [-0.15, -0.1) is 0 Å². The molecule has 0 bridgehead atoms. The Morgan fingerprint density at radius 2 is 1.04 bits per heavy atom. The van der Waals surface area contributed by atoms with Crippen molar-refractivity contribution in [3.8, 4) is 22.3 Å². The molecule has 3 aromatic carbocycles. The standard InChI is InChI=1S/C25H28/c1-18(2)19-10-12-20(13-11-19)23-8-6-7-9-24(23)21-14-16-22(17-15-21)25(3,4)5/h6-18H,1-5H3. The highest BCUT2D eigenvalue weighted by molar-refractivity contribution is 5.83. The van der Waals surface area contributed by atoms with E-state index in [-0.39, 0.29) is 5.41 Å². The van der Waals surface area contributed by atoms with Crippen molar-refractivity contribution in [1.29, 1.82) is 0 Å². The highest BCUT2D eigenvalue weighted by Crippen LogP contribution is 2.34. The van der Waals surface area contributed by atoms with E-state index in [1.165, 1.54) is 33.4 Å². The smallest absolute Gasteiger partial charge is 0.0105 e. The minimum Gasteiger partial charge on any atom is -0.0616 e. The summed E-state index contributed by atoms with van der Waals surface area (Å²) in [6, 6.07) is 26.7. The Morgan fingerprint density at radius 3 is 1.44 bits per heavy atom. The van der Waals surface area contributed by atoms with E-state index in [4.69, 9.17) is 0 Å². The van der Waals surface area contributed by atoms with Crippen molar-refractivity contribution >= 4 is 0 Å². The van der Waals surface area contributed by atoms with Crippen LogP contribution in [0.3, 0.4) is 0 Å². The Hall–Kier alpha value is -2.34. The van der Waals surface area contributed by atoms with E-state index in [0.717, 1.165) is 0 Å². The van der Waals surface area contributed by atoms with Gasteiger partial charge in [-0.3, -0.25) is 0 Å². The Kier molecular flexibility index (Phi) is 4.81. The zero-order valence-electron chi connectivity index (χ0n) is 16.0. The normalized spacial score (nSPS) is 11.8. The molecule has 0 heterocycles. The van der Waals surface area contributed by atoms with Gasteiger partial charge in [0.1, 0.15) is 0 Å². The van der Waals surface area contributed by atoms with Crippen LogP contribution >= 0.6 is 0 Å². The second kappa shape index (κ2) is 6.88. The Bertz CT molecular complexity index is 828. The number of hydrogen-bond donors (Lipinski definition) is 0. The van der Waals surface area contributed by atoms with Gasteiger partial charge in [0.05, 0.1) is 0 Å². The highest BCUT2D eigenvalue weighted by Gasteiger charge is 2.14. The lowest BCUT2D eigenvalue weighted by atomic mass is 9.85. The maximum Gasteiger partial charge on any atom is -0.0105 e. The zero-order chi connectivity index (χ0) is 18.0. The fraction of sp³-hybridized carbons (Fsp3) is 0.280. The second-order valence-corrected chi connectivity index (χ2v) is 8.15. The molecule has 25 heavy (non-hydrogen) atoms. The number of hydrogen-bond acceptors (Lipinski definition) is 0. The summed E-state index contributed by atoms with van der Waals surface area (Å²) in [6.45, 7) is 11.2. The fourth-order valence-corrected chi connectivity index (χ4v) is 3.18. The van der Waals surface area contributed by atoms with Crippen molar-refractivity contribution in [3.05, 3.63) is 83.9 Å². The average Bonchev–Trinajstić information content (AvgIpc) is 2.61. The molecule has 0 atom stereocenters. The van der Waals surface area contributed by atoms with Gasteiger partial charge in [0.2, 0.25) is 0 Å². The summed E-state index contributed by atoms with van der Waals surface area (Å²) in [5.74, 6) is 0.564. The van der Waals surface area contributed by atoms with Crippen LogP contribution < -0.4 is 0 Å². The first-order valence-electron chi connectivity index (χ1n) is 9.16. The topological polar surface area (TPSA) is 0 Å². The molecule has 0 N–H and O–H groups in total. The van der Waals surface area contributed by atoms with Gasteiger partial charge < -0.3 is 0 Å². The van der Waals surface area contributed by atoms with Gasteiger partial charge in [0.25, 0.3) is 0 Å². The number of rotatable bonds is 3. The first kappa shape index (κ1) is 17.5. The summed E-state index contributed by atoms with van der Waals surface area (Å²) in [4.78, 5) is 0. The van der Waals surface area contributed by atoms with Gasteiger partial charge in [0.15, 0.2) is 0 Å². The highest BCUT2D eigenvalue weighted by atomic mass is 14.2. The van der Waals surface area contributed by atoms with E-state index in [0.29, 0.717) is 5.92 Å². The Labute approximate surface area is 152 Å². The summed E-state index contributed by atoms with van der Waals surface area (Å²) in [7, 11) is 0. The van der Waals surface area contributed by atoms with Crippen molar-refractivity contribution in [2.75, 3.05) is 0 Å². The minimum absolute atomic E-state index is 0.185. The molecule has 3 rings (SSSR count). The first-order chi connectivity index (χ1) is 11.9.